The summed E-state index contributed by atoms with van der Waals surface area (Å²) in [6, 6.07) is 10.5. The molecule has 2 aromatic rings. The van der Waals surface area contributed by atoms with Crippen LogP contribution in [0.3, 0.4) is 0 Å². The normalized spacial score (nSPS) is 10.3. The maximum Gasteiger partial charge on any atom is 0.340 e. The maximum atomic E-state index is 11.2. The Kier molecular flexibility index (Phi) is 4.27. The number of carboxylic acids is 1. The topological polar surface area (TPSA) is 46.5 Å². The van der Waals surface area contributed by atoms with Crippen LogP contribution in [0.25, 0.3) is 0 Å². The van der Waals surface area contributed by atoms with Crippen molar-refractivity contribution in [3.63, 3.8) is 0 Å². The zero-order chi connectivity index (χ0) is 14.0. The molecule has 0 spiro atoms. The summed E-state index contributed by atoms with van der Waals surface area (Å²) in [5.74, 6) is -0.124. The first kappa shape index (κ1) is 14.1. The van der Waals surface area contributed by atoms with Gasteiger partial charge in [0, 0.05) is 8.95 Å². The standard InChI is InChI=1S/C14H10Br2O3/c1-8-7-9(5-6-10(8)15)19-12-4-2-3-11(16)13(12)14(17)18/h2-7H,1H3,(H,17,18). The number of benzene rings is 2. The van der Waals surface area contributed by atoms with Gasteiger partial charge in [0.25, 0.3) is 0 Å². The maximum absolute atomic E-state index is 11.2. The van der Waals surface area contributed by atoms with E-state index in [1.54, 1.807) is 24.3 Å². The molecule has 0 aliphatic heterocycles. The van der Waals surface area contributed by atoms with Crippen LogP contribution in [0.1, 0.15) is 15.9 Å². The van der Waals surface area contributed by atoms with Gasteiger partial charge in [-0.25, -0.2) is 4.79 Å². The minimum Gasteiger partial charge on any atom is -0.478 e. The van der Waals surface area contributed by atoms with Gasteiger partial charge in [-0.3, -0.25) is 0 Å². The van der Waals surface area contributed by atoms with Crippen LogP contribution < -0.4 is 4.74 Å². The van der Waals surface area contributed by atoms with Crippen molar-refractivity contribution in [2.24, 2.45) is 0 Å². The third-order valence-corrected chi connectivity index (χ3v) is 4.10. The molecule has 0 unspecified atom stereocenters. The second-order valence-electron chi connectivity index (χ2n) is 3.93. The van der Waals surface area contributed by atoms with Crippen molar-refractivity contribution in [2.75, 3.05) is 0 Å². The molecule has 0 fully saturated rings. The fourth-order valence-corrected chi connectivity index (χ4v) is 2.37. The van der Waals surface area contributed by atoms with Crippen molar-refractivity contribution in [1.29, 1.82) is 0 Å². The predicted octanol–water partition coefficient (Wildman–Crippen LogP) is 5.01. The van der Waals surface area contributed by atoms with E-state index in [-0.39, 0.29) is 5.56 Å². The summed E-state index contributed by atoms with van der Waals surface area (Å²) in [7, 11) is 0. The molecule has 0 saturated heterocycles. The van der Waals surface area contributed by atoms with E-state index in [0.29, 0.717) is 16.0 Å². The minimum atomic E-state index is -1.03. The van der Waals surface area contributed by atoms with Crippen LogP contribution in [0, 0.1) is 6.92 Å². The Morgan fingerprint density at radius 2 is 1.89 bits per heavy atom. The number of aryl methyl sites for hydroxylation is 1. The Bertz CT molecular complexity index is 639. The highest BCUT2D eigenvalue weighted by Crippen LogP contribution is 2.32. The van der Waals surface area contributed by atoms with Crippen LogP contribution in [-0.2, 0) is 0 Å². The number of carboxylic acid groups (broad SMARTS) is 1. The van der Waals surface area contributed by atoms with Crippen molar-refractivity contribution in [3.05, 3.63) is 56.5 Å². The third kappa shape index (κ3) is 3.16. The molecule has 0 bridgehead atoms. The molecule has 2 rings (SSSR count). The van der Waals surface area contributed by atoms with E-state index < -0.39 is 5.97 Å². The smallest absolute Gasteiger partial charge is 0.340 e. The summed E-state index contributed by atoms with van der Waals surface area (Å²) in [6.45, 7) is 1.94. The Hall–Kier alpha value is -1.33. The van der Waals surface area contributed by atoms with Gasteiger partial charge in [-0.1, -0.05) is 22.0 Å². The number of carbonyl (C=O) groups is 1. The fourth-order valence-electron chi connectivity index (χ4n) is 1.60. The molecule has 19 heavy (non-hydrogen) atoms. The van der Waals surface area contributed by atoms with E-state index in [1.165, 1.54) is 0 Å². The average molecular weight is 386 g/mol. The van der Waals surface area contributed by atoms with Gasteiger partial charge < -0.3 is 9.84 Å². The van der Waals surface area contributed by atoms with Gasteiger partial charge in [0.2, 0.25) is 0 Å². The van der Waals surface area contributed by atoms with Crippen molar-refractivity contribution < 1.29 is 14.6 Å². The molecule has 0 saturated carbocycles. The Morgan fingerprint density at radius 3 is 2.53 bits per heavy atom. The van der Waals surface area contributed by atoms with Gasteiger partial charge in [0.1, 0.15) is 17.1 Å². The molecule has 0 radical (unpaired) electrons. The number of aromatic carboxylic acids is 1. The first-order valence-corrected chi connectivity index (χ1v) is 7.03. The highest BCUT2D eigenvalue weighted by molar-refractivity contribution is 9.10. The quantitative estimate of drug-likeness (QED) is 0.807. The lowest BCUT2D eigenvalue weighted by molar-refractivity contribution is 0.0693. The van der Waals surface area contributed by atoms with E-state index in [2.05, 4.69) is 31.9 Å². The monoisotopic (exact) mass is 384 g/mol. The van der Waals surface area contributed by atoms with Crippen LogP contribution in [0.5, 0.6) is 11.5 Å². The zero-order valence-electron chi connectivity index (χ0n) is 9.98. The molecule has 0 aliphatic rings. The second-order valence-corrected chi connectivity index (χ2v) is 5.64. The number of ether oxygens (including phenoxy) is 1. The van der Waals surface area contributed by atoms with E-state index in [4.69, 9.17) is 4.74 Å². The molecule has 0 amide bonds. The number of halogens is 2. The van der Waals surface area contributed by atoms with Crippen molar-refractivity contribution in [1.82, 2.24) is 0 Å². The van der Waals surface area contributed by atoms with Crippen molar-refractivity contribution >= 4 is 37.8 Å². The summed E-state index contributed by atoms with van der Waals surface area (Å²) < 4.78 is 7.13. The van der Waals surface area contributed by atoms with Gasteiger partial charge in [0.05, 0.1) is 0 Å². The van der Waals surface area contributed by atoms with Gasteiger partial charge >= 0.3 is 5.97 Å². The molecule has 2 aromatic carbocycles. The van der Waals surface area contributed by atoms with Crippen LogP contribution in [0.15, 0.2) is 45.3 Å². The fraction of sp³-hybridized carbons (Fsp3) is 0.0714. The Balaban J connectivity index is 2.40. The first-order chi connectivity index (χ1) is 8.99. The van der Waals surface area contributed by atoms with Gasteiger partial charge in [-0.2, -0.15) is 0 Å². The summed E-state index contributed by atoms with van der Waals surface area (Å²) in [5, 5.41) is 9.21. The third-order valence-electron chi connectivity index (χ3n) is 2.55. The van der Waals surface area contributed by atoms with Crippen molar-refractivity contribution in [3.8, 4) is 11.5 Å². The molecular weight excluding hydrogens is 376 g/mol. The summed E-state index contributed by atoms with van der Waals surface area (Å²) in [5.41, 5.74) is 1.13. The highest BCUT2D eigenvalue weighted by Gasteiger charge is 2.15. The number of rotatable bonds is 3. The van der Waals surface area contributed by atoms with E-state index >= 15 is 0 Å². The summed E-state index contributed by atoms with van der Waals surface area (Å²) in [4.78, 5) is 11.2. The first-order valence-electron chi connectivity index (χ1n) is 5.45. The van der Waals surface area contributed by atoms with Crippen LogP contribution in [0.4, 0.5) is 0 Å². The number of hydrogen-bond donors (Lipinski definition) is 1. The molecule has 0 aromatic heterocycles. The molecule has 0 atom stereocenters. The molecule has 5 heteroatoms. The lowest BCUT2D eigenvalue weighted by Gasteiger charge is -2.11. The van der Waals surface area contributed by atoms with Crippen molar-refractivity contribution in [2.45, 2.75) is 6.92 Å². The Labute approximate surface area is 127 Å². The molecule has 98 valence electrons. The second kappa shape index (κ2) is 5.75. The molecular formula is C14H10Br2O3. The average Bonchev–Trinajstić information content (AvgIpc) is 2.33. The van der Waals surface area contributed by atoms with Crippen LogP contribution in [-0.4, -0.2) is 11.1 Å². The highest BCUT2D eigenvalue weighted by atomic mass is 79.9. The minimum absolute atomic E-state index is 0.114. The van der Waals surface area contributed by atoms with Crippen LogP contribution >= 0.6 is 31.9 Å². The zero-order valence-corrected chi connectivity index (χ0v) is 13.2. The Morgan fingerprint density at radius 1 is 1.16 bits per heavy atom. The van der Waals surface area contributed by atoms with E-state index in [0.717, 1.165) is 10.0 Å². The van der Waals surface area contributed by atoms with Crippen LogP contribution in [0.2, 0.25) is 0 Å². The lowest BCUT2D eigenvalue weighted by atomic mass is 10.2. The lowest BCUT2D eigenvalue weighted by Crippen LogP contribution is -2.01. The van der Waals surface area contributed by atoms with E-state index in [1.807, 2.05) is 19.1 Å². The molecule has 0 heterocycles. The predicted molar refractivity (Wildman–Crippen MR) is 80.1 cm³/mol. The van der Waals surface area contributed by atoms with Gasteiger partial charge in [0.15, 0.2) is 0 Å². The largest absolute Gasteiger partial charge is 0.478 e. The van der Waals surface area contributed by atoms with Gasteiger partial charge in [-0.05, 0) is 58.7 Å². The SMILES string of the molecule is Cc1cc(Oc2cccc(Br)c2C(=O)O)ccc1Br. The molecule has 3 nitrogen and oxygen atoms in total. The number of hydrogen-bond acceptors (Lipinski definition) is 2. The molecule has 1 N–H and O–H groups in total. The summed E-state index contributed by atoms with van der Waals surface area (Å²) >= 11 is 6.63. The van der Waals surface area contributed by atoms with Gasteiger partial charge in [-0.15, -0.1) is 0 Å². The summed E-state index contributed by atoms with van der Waals surface area (Å²) in [6.07, 6.45) is 0. The van der Waals surface area contributed by atoms with E-state index in [9.17, 15) is 9.90 Å². The molecule has 0 aliphatic carbocycles.